The Hall–Kier alpha value is -0.730. The molecule has 2 aliphatic rings. The van der Waals surface area contributed by atoms with Gasteiger partial charge in [-0.2, -0.15) is 0 Å². The van der Waals surface area contributed by atoms with Crippen LogP contribution in [0.2, 0.25) is 0 Å². The van der Waals surface area contributed by atoms with Crippen LogP contribution < -0.4 is 5.32 Å². The molecule has 1 unspecified atom stereocenters. The van der Waals surface area contributed by atoms with Gasteiger partial charge in [-0.3, -0.25) is 0 Å². The fraction of sp³-hybridized carbons (Fsp3) is 0.900. The highest BCUT2D eigenvalue weighted by Gasteiger charge is 2.52. The van der Waals surface area contributed by atoms with Gasteiger partial charge < -0.3 is 10.2 Å². The molecule has 1 spiro atoms. The average molecular weight is 182 g/mol. The lowest BCUT2D eigenvalue weighted by Crippen LogP contribution is -2.50. The van der Waals surface area contributed by atoms with E-state index in [1.165, 1.54) is 19.3 Å². The highest BCUT2D eigenvalue weighted by molar-refractivity contribution is 5.75. The zero-order valence-electron chi connectivity index (χ0n) is 8.47. The van der Waals surface area contributed by atoms with Crippen molar-refractivity contribution in [3.8, 4) is 0 Å². The van der Waals surface area contributed by atoms with Crippen molar-refractivity contribution in [2.75, 3.05) is 13.6 Å². The van der Waals surface area contributed by atoms with Gasteiger partial charge >= 0.3 is 6.03 Å². The number of urea groups is 1. The van der Waals surface area contributed by atoms with Gasteiger partial charge in [0.05, 0.1) is 0 Å². The highest BCUT2D eigenvalue weighted by Crippen LogP contribution is 2.49. The van der Waals surface area contributed by atoms with Crippen LogP contribution in [-0.4, -0.2) is 30.1 Å². The van der Waals surface area contributed by atoms with Crippen LogP contribution in [0.1, 0.15) is 32.6 Å². The second-order valence-electron chi connectivity index (χ2n) is 4.53. The zero-order valence-corrected chi connectivity index (χ0v) is 8.47. The van der Waals surface area contributed by atoms with Gasteiger partial charge in [0.25, 0.3) is 0 Å². The topological polar surface area (TPSA) is 32.3 Å². The Morgan fingerprint density at radius 1 is 1.54 bits per heavy atom. The molecule has 0 radical (unpaired) electrons. The molecule has 1 saturated heterocycles. The number of hydrogen-bond acceptors (Lipinski definition) is 1. The number of rotatable bonds is 0. The van der Waals surface area contributed by atoms with Gasteiger partial charge in [-0.15, -0.1) is 0 Å². The molecule has 2 fully saturated rings. The maximum atomic E-state index is 11.5. The lowest BCUT2D eigenvalue weighted by Gasteiger charge is -2.38. The summed E-state index contributed by atoms with van der Waals surface area (Å²) in [5.41, 5.74) is 0.262. The molecule has 1 N–H and O–H groups in total. The Labute approximate surface area is 79.5 Å². The van der Waals surface area contributed by atoms with Crippen LogP contribution >= 0.6 is 0 Å². The summed E-state index contributed by atoms with van der Waals surface area (Å²) in [7, 11) is 1.72. The molecule has 2 amide bonds. The first kappa shape index (κ1) is 8.85. The fourth-order valence-electron chi connectivity index (χ4n) is 2.52. The molecule has 3 nitrogen and oxygen atoms in total. The van der Waals surface area contributed by atoms with E-state index in [1.54, 1.807) is 7.05 Å². The third-order valence-electron chi connectivity index (χ3n) is 3.43. The first-order valence-corrected chi connectivity index (χ1v) is 5.17. The standard InChI is InChI=1S/C10H18N2O/c1-8-3-6-12(9(13)11-2)10(7-8)4-5-10/h8H,3-7H2,1-2H3,(H,11,13). The molecule has 0 aromatic rings. The van der Waals surface area contributed by atoms with E-state index in [1.807, 2.05) is 4.90 Å². The van der Waals surface area contributed by atoms with Crippen molar-refractivity contribution in [1.82, 2.24) is 10.2 Å². The lowest BCUT2D eigenvalue weighted by molar-refractivity contribution is 0.120. The quantitative estimate of drug-likeness (QED) is 0.606. The second kappa shape index (κ2) is 2.89. The Bertz CT molecular complexity index is 223. The summed E-state index contributed by atoms with van der Waals surface area (Å²) < 4.78 is 0. The minimum atomic E-state index is 0.115. The number of hydrogen-bond donors (Lipinski definition) is 1. The molecule has 1 aliphatic heterocycles. The zero-order chi connectivity index (χ0) is 9.47. The summed E-state index contributed by atoms with van der Waals surface area (Å²) in [6.45, 7) is 3.24. The largest absolute Gasteiger partial charge is 0.341 e. The van der Waals surface area contributed by atoms with Gasteiger partial charge in [-0.1, -0.05) is 6.92 Å². The van der Waals surface area contributed by atoms with Crippen LogP contribution in [0.15, 0.2) is 0 Å². The van der Waals surface area contributed by atoms with Gasteiger partial charge in [0.2, 0.25) is 0 Å². The number of likely N-dealkylation sites (tertiary alicyclic amines) is 1. The molecule has 0 bridgehead atoms. The molecule has 1 atom stereocenters. The third-order valence-corrected chi connectivity index (χ3v) is 3.43. The first-order chi connectivity index (χ1) is 6.18. The molecule has 0 aromatic carbocycles. The van der Waals surface area contributed by atoms with Crippen molar-refractivity contribution < 1.29 is 4.79 Å². The van der Waals surface area contributed by atoms with Gasteiger partial charge in [-0.25, -0.2) is 4.79 Å². The van der Waals surface area contributed by atoms with Crippen LogP contribution in [0.3, 0.4) is 0 Å². The molecule has 2 rings (SSSR count). The monoisotopic (exact) mass is 182 g/mol. The highest BCUT2D eigenvalue weighted by atomic mass is 16.2. The summed E-state index contributed by atoms with van der Waals surface area (Å²) in [4.78, 5) is 13.6. The van der Waals surface area contributed by atoms with Crippen molar-refractivity contribution in [2.45, 2.75) is 38.1 Å². The molecule has 0 aromatic heterocycles. The fourth-order valence-corrected chi connectivity index (χ4v) is 2.52. The van der Waals surface area contributed by atoms with Crippen molar-refractivity contribution in [1.29, 1.82) is 0 Å². The van der Waals surface area contributed by atoms with Crippen molar-refractivity contribution >= 4 is 6.03 Å². The van der Waals surface area contributed by atoms with Crippen LogP contribution in [0.5, 0.6) is 0 Å². The van der Waals surface area contributed by atoms with E-state index >= 15 is 0 Å². The summed E-state index contributed by atoms with van der Waals surface area (Å²) in [5.74, 6) is 0.795. The van der Waals surface area contributed by atoms with Crippen LogP contribution in [0.4, 0.5) is 4.79 Å². The van der Waals surface area contributed by atoms with Crippen LogP contribution in [0, 0.1) is 5.92 Å². The number of nitrogens with one attached hydrogen (secondary N) is 1. The first-order valence-electron chi connectivity index (χ1n) is 5.17. The van der Waals surface area contributed by atoms with Gasteiger partial charge in [0.1, 0.15) is 0 Å². The van der Waals surface area contributed by atoms with Gasteiger partial charge in [0, 0.05) is 19.1 Å². The van der Waals surface area contributed by atoms with Gasteiger partial charge in [-0.05, 0) is 31.6 Å². The predicted octanol–water partition coefficient (Wildman–Crippen LogP) is 1.59. The Morgan fingerprint density at radius 3 is 2.77 bits per heavy atom. The molecular weight excluding hydrogens is 164 g/mol. The molecule has 1 heterocycles. The summed E-state index contributed by atoms with van der Waals surface area (Å²) in [6.07, 6.45) is 4.80. The molecule has 13 heavy (non-hydrogen) atoms. The number of carbonyl (C=O) groups is 1. The SMILES string of the molecule is CNC(=O)N1CCC(C)CC12CC2. The molecule has 1 aliphatic carbocycles. The maximum absolute atomic E-state index is 11.5. The molecule has 74 valence electrons. The van der Waals surface area contributed by atoms with E-state index in [-0.39, 0.29) is 11.6 Å². The second-order valence-corrected chi connectivity index (χ2v) is 4.53. The molecule has 1 saturated carbocycles. The predicted molar refractivity (Wildman–Crippen MR) is 51.5 cm³/mol. The minimum absolute atomic E-state index is 0.115. The molecule has 3 heteroatoms. The van der Waals surface area contributed by atoms with E-state index < -0.39 is 0 Å². The van der Waals surface area contributed by atoms with E-state index in [0.29, 0.717) is 0 Å². The Morgan fingerprint density at radius 2 is 2.23 bits per heavy atom. The van der Waals surface area contributed by atoms with Crippen molar-refractivity contribution in [3.63, 3.8) is 0 Å². The number of nitrogens with zero attached hydrogens (tertiary/aromatic N) is 1. The normalized spacial score (nSPS) is 30.3. The van der Waals surface area contributed by atoms with E-state index in [4.69, 9.17) is 0 Å². The van der Waals surface area contributed by atoms with Gasteiger partial charge in [0.15, 0.2) is 0 Å². The Balaban J connectivity index is 2.07. The Kier molecular flexibility index (Phi) is 1.97. The van der Waals surface area contributed by atoms with Crippen LogP contribution in [0.25, 0.3) is 0 Å². The van der Waals surface area contributed by atoms with E-state index in [2.05, 4.69) is 12.2 Å². The third kappa shape index (κ3) is 1.40. The summed E-state index contributed by atoms with van der Waals surface area (Å²) in [5, 5.41) is 2.73. The minimum Gasteiger partial charge on any atom is -0.341 e. The average Bonchev–Trinajstić information content (AvgIpc) is 2.84. The lowest BCUT2D eigenvalue weighted by atomic mass is 9.91. The summed E-state index contributed by atoms with van der Waals surface area (Å²) >= 11 is 0. The van der Waals surface area contributed by atoms with E-state index in [0.717, 1.165) is 18.9 Å². The smallest absolute Gasteiger partial charge is 0.317 e. The number of carbonyl (C=O) groups excluding carboxylic acids is 1. The van der Waals surface area contributed by atoms with E-state index in [9.17, 15) is 4.79 Å². The number of piperidine rings is 1. The molecular formula is C10H18N2O. The number of amides is 2. The summed E-state index contributed by atoms with van der Waals surface area (Å²) in [6, 6.07) is 0.115. The van der Waals surface area contributed by atoms with Crippen LogP contribution in [-0.2, 0) is 0 Å². The van der Waals surface area contributed by atoms with Crippen molar-refractivity contribution in [3.05, 3.63) is 0 Å². The maximum Gasteiger partial charge on any atom is 0.317 e. The van der Waals surface area contributed by atoms with Crippen molar-refractivity contribution in [2.24, 2.45) is 5.92 Å².